The summed E-state index contributed by atoms with van der Waals surface area (Å²) >= 11 is 10.1. The number of hydrogen-bond acceptors (Lipinski definition) is 4. The lowest BCUT2D eigenvalue weighted by atomic mass is 10.4. The van der Waals surface area contributed by atoms with E-state index >= 15 is 0 Å². The van der Waals surface area contributed by atoms with Gasteiger partial charge in [0.05, 0.1) is 8.81 Å². The molecule has 1 heterocycles. The molecule has 0 atom stereocenters. The van der Waals surface area contributed by atoms with Crippen LogP contribution in [0.2, 0.25) is 5.02 Å². The molecule has 0 saturated heterocycles. The van der Waals surface area contributed by atoms with E-state index in [4.69, 9.17) is 16.3 Å². The number of nitrogens with one attached hydrogen (secondary N) is 1. The molecule has 0 spiro atoms. The van der Waals surface area contributed by atoms with Crippen LogP contribution in [0, 0.1) is 5.92 Å². The highest BCUT2D eigenvalue weighted by Gasteiger charge is 2.21. The molecule has 0 bridgehead atoms. The van der Waals surface area contributed by atoms with Gasteiger partial charge in [-0.2, -0.15) is 0 Å². The van der Waals surface area contributed by atoms with Crippen molar-refractivity contribution in [3.05, 3.63) is 14.9 Å². The Morgan fingerprint density at radius 1 is 1.53 bits per heavy atom. The minimum Gasteiger partial charge on any atom is -0.381 e. The fraction of sp³-hybridized carbons (Fsp3) is 0.636. The summed E-state index contributed by atoms with van der Waals surface area (Å²) in [5.41, 5.74) is 0. The molecule has 1 aromatic rings. The van der Waals surface area contributed by atoms with Crippen LogP contribution in [-0.4, -0.2) is 28.2 Å². The summed E-state index contributed by atoms with van der Waals surface area (Å²) in [6.07, 6.45) is 3.20. The third-order valence-electron chi connectivity index (χ3n) is 2.70. The second kappa shape index (κ2) is 6.87. The average Bonchev–Trinajstić information content (AvgIpc) is 3.10. The van der Waals surface area contributed by atoms with Crippen LogP contribution in [0.3, 0.4) is 0 Å². The normalized spacial score (nSPS) is 15.9. The maximum absolute atomic E-state index is 11.9. The Balaban J connectivity index is 1.71. The predicted octanol–water partition coefficient (Wildman–Crippen LogP) is 3.26. The maximum Gasteiger partial charge on any atom is 0.250 e. The molecule has 0 aromatic carbocycles. The first kappa shape index (κ1) is 15.7. The van der Waals surface area contributed by atoms with Crippen LogP contribution in [0.1, 0.15) is 19.3 Å². The molecule has 1 aromatic heterocycles. The first-order valence-electron chi connectivity index (χ1n) is 6.01. The summed E-state index contributed by atoms with van der Waals surface area (Å²) in [4.78, 5) is 0. The van der Waals surface area contributed by atoms with E-state index in [1.807, 2.05) is 0 Å². The number of halogens is 2. The lowest BCUT2D eigenvalue weighted by molar-refractivity contribution is 0.123. The predicted molar refractivity (Wildman–Crippen MR) is 80.4 cm³/mol. The molecule has 0 amide bonds. The van der Waals surface area contributed by atoms with Gasteiger partial charge in [0.1, 0.15) is 4.21 Å². The van der Waals surface area contributed by atoms with Crippen molar-refractivity contribution in [2.75, 3.05) is 19.8 Å². The second-order valence-corrected chi connectivity index (χ2v) is 9.23. The van der Waals surface area contributed by atoms with Crippen molar-refractivity contribution in [1.82, 2.24) is 4.72 Å². The van der Waals surface area contributed by atoms with E-state index in [2.05, 4.69) is 20.7 Å². The van der Waals surface area contributed by atoms with Gasteiger partial charge in [-0.15, -0.1) is 11.3 Å². The van der Waals surface area contributed by atoms with Crippen molar-refractivity contribution in [1.29, 1.82) is 0 Å². The third kappa shape index (κ3) is 4.99. The third-order valence-corrected chi connectivity index (χ3v) is 7.10. The Morgan fingerprint density at radius 3 is 2.84 bits per heavy atom. The SMILES string of the molecule is O=S(=O)(NCCCOCC1CC1)c1cc(Cl)c(Br)s1. The van der Waals surface area contributed by atoms with Crippen LogP contribution in [0.15, 0.2) is 14.1 Å². The van der Waals surface area contributed by atoms with Crippen molar-refractivity contribution in [3.63, 3.8) is 0 Å². The topological polar surface area (TPSA) is 55.4 Å². The van der Waals surface area contributed by atoms with Crippen molar-refractivity contribution in [2.45, 2.75) is 23.5 Å². The first-order chi connectivity index (χ1) is 8.99. The van der Waals surface area contributed by atoms with Crippen LogP contribution < -0.4 is 4.72 Å². The molecule has 0 unspecified atom stereocenters. The number of thiophene rings is 1. The summed E-state index contributed by atoms with van der Waals surface area (Å²) < 4.78 is 32.7. The molecule has 0 aliphatic heterocycles. The highest BCUT2D eigenvalue weighted by molar-refractivity contribution is 9.11. The molecule has 19 heavy (non-hydrogen) atoms. The smallest absolute Gasteiger partial charge is 0.250 e. The van der Waals surface area contributed by atoms with E-state index < -0.39 is 10.0 Å². The Hall–Kier alpha value is 0.340. The minimum absolute atomic E-state index is 0.225. The summed E-state index contributed by atoms with van der Waals surface area (Å²) in [6.45, 7) is 1.77. The molecule has 0 radical (unpaired) electrons. The van der Waals surface area contributed by atoms with Crippen LogP contribution in [0.5, 0.6) is 0 Å². The fourth-order valence-electron chi connectivity index (χ4n) is 1.45. The van der Waals surface area contributed by atoms with Gasteiger partial charge in [-0.1, -0.05) is 11.6 Å². The van der Waals surface area contributed by atoms with E-state index in [0.717, 1.165) is 23.9 Å². The van der Waals surface area contributed by atoms with E-state index in [-0.39, 0.29) is 4.21 Å². The highest BCUT2D eigenvalue weighted by Crippen LogP contribution is 2.34. The zero-order chi connectivity index (χ0) is 13.9. The molecule has 1 aliphatic rings. The Labute approximate surface area is 130 Å². The minimum atomic E-state index is -3.45. The van der Waals surface area contributed by atoms with E-state index in [1.54, 1.807) is 0 Å². The average molecular weight is 389 g/mol. The van der Waals surface area contributed by atoms with Crippen molar-refractivity contribution < 1.29 is 13.2 Å². The summed E-state index contributed by atoms with van der Waals surface area (Å²) in [5, 5.41) is 0.415. The standard InChI is InChI=1S/C11H15BrClNO3S2/c12-11-9(13)6-10(18-11)19(15,16)14-4-1-5-17-7-8-2-3-8/h6,8,14H,1-5,7H2. The van der Waals surface area contributed by atoms with Gasteiger partial charge in [-0.25, -0.2) is 13.1 Å². The van der Waals surface area contributed by atoms with Gasteiger partial charge in [0.2, 0.25) is 10.0 Å². The van der Waals surface area contributed by atoms with Crippen LogP contribution in [-0.2, 0) is 14.8 Å². The molecule has 108 valence electrons. The van der Waals surface area contributed by atoms with Crippen LogP contribution in [0.25, 0.3) is 0 Å². The van der Waals surface area contributed by atoms with Crippen molar-refractivity contribution >= 4 is 48.9 Å². The molecule has 8 heteroatoms. The Morgan fingerprint density at radius 2 is 2.26 bits per heavy atom. The van der Waals surface area contributed by atoms with E-state index in [0.29, 0.717) is 28.4 Å². The molecular formula is C11H15BrClNO3S2. The molecule has 1 aliphatic carbocycles. The summed E-state index contributed by atoms with van der Waals surface area (Å²) in [5.74, 6) is 0.738. The Kier molecular flexibility index (Phi) is 5.68. The number of rotatable bonds is 8. The lowest BCUT2D eigenvalue weighted by Crippen LogP contribution is -2.24. The number of ether oxygens (including phenoxy) is 1. The summed E-state index contributed by atoms with van der Waals surface area (Å²) in [6, 6.07) is 1.45. The zero-order valence-corrected chi connectivity index (χ0v) is 14.2. The number of sulfonamides is 1. The van der Waals surface area contributed by atoms with Gasteiger partial charge >= 0.3 is 0 Å². The first-order valence-corrected chi connectivity index (χ1v) is 9.48. The summed E-state index contributed by atoms with van der Waals surface area (Å²) in [7, 11) is -3.45. The van der Waals surface area contributed by atoms with Crippen LogP contribution in [0.4, 0.5) is 0 Å². The lowest BCUT2D eigenvalue weighted by Gasteiger charge is -2.05. The zero-order valence-electron chi connectivity index (χ0n) is 10.2. The largest absolute Gasteiger partial charge is 0.381 e. The second-order valence-electron chi connectivity index (χ2n) is 4.46. The van der Waals surface area contributed by atoms with Gasteiger partial charge in [0, 0.05) is 19.8 Å². The molecule has 4 nitrogen and oxygen atoms in total. The molecule has 2 rings (SSSR count). The van der Waals surface area contributed by atoms with Gasteiger partial charge in [-0.3, -0.25) is 0 Å². The van der Waals surface area contributed by atoms with E-state index in [1.165, 1.54) is 18.9 Å². The monoisotopic (exact) mass is 387 g/mol. The Bertz CT molecular complexity index is 509. The fourth-order valence-corrected chi connectivity index (χ4v) is 4.96. The van der Waals surface area contributed by atoms with Gasteiger partial charge in [0.25, 0.3) is 0 Å². The number of hydrogen-bond donors (Lipinski definition) is 1. The van der Waals surface area contributed by atoms with Crippen molar-refractivity contribution in [3.8, 4) is 0 Å². The van der Waals surface area contributed by atoms with Crippen LogP contribution >= 0.6 is 38.9 Å². The molecule has 1 saturated carbocycles. The molecule has 1 fully saturated rings. The highest BCUT2D eigenvalue weighted by atomic mass is 79.9. The van der Waals surface area contributed by atoms with Gasteiger partial charge in [-0.05, 0) is 47.2 Å². The molecule has 1 N–H and O–H groups in total. The quantitative estimate of drug-likeness (QED) is 0.695. The maximum atomic E-state index is 11.9. The van der Waals surface area contributed by atoms with Gasteiger partial charge in [0.15, 0.2) is 0 Å². The van der Waals surface area contributed by atoms with E-state index in [9.17, 15) is 8.42 Å². The molecular weight excluding hydrogens is 374 g/mol. The van der Waals surface area contributed by atoms with Gasteiger partial charge < -0.3 is 4.74 Å². The van der Waals surface area contributed by atoms with Crippen molar-refractivity contribution in [2.24, 2.45) is 5.92 Å².